The van der Waals surface area contributed by atoms with Crippen molar-refractivity contribution in [2.75, 3.05) is 12.4 Å². The van der Waals surface area contributed by atoms with Gasteiger partial charge in [-0.2, -0.15) is 13.2 Å². The van der Waals surface area contributed by atoms with Crippen molar-refractivity contribution >= 4 is 29.3 Å². The van der Waals surface area contributed by atoms with Gasteiger partial charge in [0.15, 0.2) is 0 Å². The second-order valence-electron chi connectivity index (χ2n) is 5.61. The average Bonchev–Trinajstić information content (AvgIpc) is 2.60. The van der Waals surface area contributed by atoms with Crippen LogP contribution in [0.2, 0.25) is 5.02 Å². The molecule has 2 aromatic rings. The Morgan fingerprint density at radius 3 is 2.30 bits per heavy atom. The van der Waals surface area contributed by atoms with Crippen molar-refractivity contribution < 1.29 is 32.5 Å². The SMILES string of the molecule is COC(=O)[C@](NC(=O)c1ccc(Cl)cc1)(Nc1cc(C)cc[nH+]1)C(F)(F)F. The van der Waals surface area contributed by atoms with E-state index in [9.17, 15) is 22.8 Å². The zero-order valence-corrected chi connectivity index (χ0v) is 15.0. The third-order valence-electron chi connectivity index (χ3n) is 3.60. The number of carbonyl (C=O) groups is 2. The standard InChI is InChI=1S/C17H15ClF3N3O3/c1-10-7-8-22-13(9-10)23-16(15(26)27-2,17(19,20)21)24-14(25)11-3-5-12(18)6-4-11/h3-9H,1-2H3,(H,22,23)(H,24,25)/p+1/t16-/m1/s1. The van der Waals surface area contributed by atoms with Gasteiger partial charge in [-0.05, 0) is 42.8 Å². The van der Waals surface area contributed by atoms with Gasteiger partial charge in [0, 0.05) is 16.7 Å². The number of pyridine rings is 1. The van der Waals surface area contributed by atoms with E-state index in [1.165, 1.54) is 36.5 Å². The number of hydrogen-bond acceptors (Lipinski definition) is 4. The molecule has 1 aromatic heterocycles. The average molecular weight is 403 g/mol. The molecule has 1 heterocycles. The lowest BCUT2D eigenvalue weighted by atomic mass is 10.1. The van der Waals surface area contributed by atoms with E-state index in [1.807, 2.05) is 5.32 Å². The predicted molar refractivity (Wildman–Crippen MR) is 91.1 cm³/mol. The lowest BCUT2D eigenvalue weighted by Crippen LogP contribution is -2.69. The van der Waals surface area contributed by atoms with Gasteiger partial charge in [-0.25, -0.2) is 15.1 Å². The van der Waals surface area contributed by atoms with Crippen LogP contribution >= 0.6 is 11.6 Å². The molecule has 0 saturated carbocycles. The van der Waals surface area contributed by atoms with E-state index in [2.05, 4.69) is 9.72 Å². The lowest BCUT2D eigenvalue weighted by molar-refractivity contribution is -0.363. The van der Waals surface area contributed by atoms with Crippen molar-refractivity contribution in [2.45, 2.75) is 18.8 Å². The highest BCUT2D eigenvalue weighted by Gasteiger charge is 2.67. The first-order chi connectivity index (χ1) is 12.6. The highest BCUT2D eigenvalue weighted by molar-refractivity contribution is 6.30. The molecule has 1 amide bonds. The van der Waals surface area contributed by atoms with Gasteiger partial charge in [0.05, 0.1) is 13.3 Å². The first-order valence-electron chi connectivity index (χ1n) is 7.59. The van der Waals surface area contributed by atoms with E-state index >= 15 is 0 Å². The summed E-state index contributed by atoms with van der Waals surface area (Å²) in [6.45, 7) is 1.65. The van der Waals surface area contributed by atoms with Crippen molar-refractivity contribution in [1.82, 2.24) is 5.32 Å². The molecule has 3 N–H and O–H groups in total. The number of carbonyl (C=O) groups excluding carboxylic acids is 2. The van der Waals surface area contributed by atoms with Crippen LogP contribution in [0.15, 0.2) is 42.6 Å². The van der Waals surface area contributed by atoms with Gasteiger partial charge in [-0.1, -0.05) is 11.6 Å². The smallest absolute Gasteiger partial charge is 0.464 e. The fourth-order valence-electron chi connectivity index (χ4n) is 2.24. The molecule has 0 saturated heterocycles. The summed E-state index contributed by atoms with van der Waals surface area (Å²) in [6.07, 6.45) is -3.84. The molecule has 2 rings (SSSR count). The number of anilines is 1. The van der Waals surface area contributed by atoms with E-state index in [4.69, 9.17) is 11.6 Å². The van der Waals surface area contributed by atoms with Gasteiger partial charge in [0.2, 0.25) is 0 Å². The molecule has 0 fully saturated rings. The first-order valence-corrected chi connectivity index (χ1v) is 7.96. The molecule has 0 unspecified atom stereocenters. The van der Waals surface area contributed by atoms with Crippen LogP contribution in [0.25, 0.3) is 0 Å². The number of methoxy groups -OCH3 is 1. The molecule has 144 valence electrons. The zero-order chi connectivity index (χ0) is 20.2. The molecule has 27 heavy (non-hydrogen) atoms. The Labute approximate surface area is 157 Å². The maximum atomic E-state index is 13.9. The van der Waals surface area contributed by atoms with E-state index in [0.29, 0.717) is 10.6 Å². The molecule has 0 aliphatic rings. The third kappa shape index (κ3) is 4.48. The third-order valence-corrected chi connectivity index (χ3v) is 3.86. The fraction of sp³-hybridized carbons (Fsp3) is 0.235. The van der Waals surface area contributed by atoms with Crippen LogP contribution < -0.4 is 15.6 Å². The van der Waals surface area contributed by atoms with Crippen molar-refractivity contribution in [2.24, 2.45) is 0 Å². The summed E-state index contributed by atoms with van der Waals surface area (Å²) in [5.74, 6) is -3.02. The molecule has 1 aromatic carbocycles. The fourth-order valence-corrected chi connectivity index (χ4v) is 2.37. The number of halogens is 4. The van der Waals surface area contributed by atoms with E-state index in [0.717, 1.165) is 7.11 Å². The Morgan fingerprint density at radius 2 is 1.78 bits per heavy atom. The van der Waals surface area contributed by atoms with Crippen LogP contribution in [0.1, 0.15) is 15.9 Å². The van der Waals surface area contributed by atoms with E-state index in [-0.39, 0.29) is 11.4 Å². The van der Waals surface area contributed by atoms with Crippen LogP contribution in [0.3, 0.4) is 0 Å². The quantitative estimate of drug-likeness (QED) is 0.595. The predicted octanol–water partition coefficient (Wildman–Crippen LogP) is 2.74. The van der Waals surface area contributed by atoms with E-state index < -0.39 is 23.7 Å². The van der Waals surface area contributed by atoms with Crippen LogP contribution in [0.5, 0.6) is 0 Å². The Bertz CT molecular complexity index is 843. The number of rotatable bonds is 5. The minimum atomic E-state index is -5.22. The minimum absolute atomic E-state index is 0.119. The molecule has 10 heteroatoms. The summed E-state index contributed by atoms with van der Waals surface area (Å²) in [5.41, 5.74) is -3.00. The molecule has 0 radical (unpaired) electrons. The monoisotopic (exact) mass is 402 g/mol. The van der Waals surface area contributed by atoms with Gasteiger partial charge in [0.1, 0.15) is 0 Å². The van der Waals surface area contributed by atoms with Gasteiger partial charge in [-0.15, -0.1) is 0 Å². The number of amides is 1. The van der Waals surface area contributed by atoms with Gasteiger partial charge in [-0.3, -0.25) is 10.1 Å². The van der Waals surface area contributed by atoms with Crippen LogP contribution in [-0.2, 0) is 9.53 Å². The number of esters is 1. The number of aryl methyl sites for hydroxylation is 1. The van der Waals surface area contributed by atoms with Crippen LogP contribution in [0, 0.1) is 6.92 Å². The zero-order valence-electron chi connectivity index (χ0n) is 14.3. The van der Waals surface area contributed by atoms with Crippen molar-refractivity contribution in [3.63, 3.8) is 0 Å². The van der Waals surface area contributed by atoms with Crippen molar-refractivity contribution in [3.05, 3.63) is 58.7 Å². The number of aromatic amines is 1. The second-order valence-corrected chi connectivity index (χ2v) is 6.04. The van der Waals surface area contributed by atoms with Crippen LogP contribution in [0.4, 0.5) is 19.0 Å². The Balaban J connectivity index is 2.48. The number of benzene rings is 1. The van der Waals surface area contributed by atoms with Crippen LogP contribution in [-0.4, -0.2) is 30.8 Å². The van der Waals surface area contributed by atoms with Gasteiger partial charge < -0.3 is 4.74 Å². The summed E-state index contributed by atoms with van der Waals surface area (Å²) in [4.78, 5) is 27.1. The Hall–Kier alpha value is -2.81. The van der Waals surface area contributed by atoms with Gasteiger partial charge >= 0.3 is 17.8 Å². The first kappa shape index (κ1) is 20.5. The largest absolute Gasteiger partial charge is 0.464 e. The number of ether oxygens (including phenoxy) is 1. The molecule has 1 atom stereocenters. The molecule has 0 bridgehead atoms. The molecule has 0 spiro atoms. The number of hydrogen-bond donors (Lipinski definition) is 2. The maximum absolute atomic E-state index is 13.9. The summed E-state index contributed by atoms with van der Waals surface area (Å²) >= 11 is 5.71. The lowest BCUT2D eigenvalue weighted by Gasteiger charge is -2.30. The summed E-state index contributed by atoms with van der Waals surface area (Å²) in [7, 11) is 0.791. The highest BCUT2D eigenvalue weighted by atomic mass is 35.5. The normalized spacial score (nSPS) is 13.4. The molecular weight excluding hydrogens is 387 g/mol. The van der Waals surface area contributed by atoms with E-state index in [1.54, 1.807) is 18.3 Å². The number of nitrogens with one attached hydrogen (secondary N) is 3. The van der Waals surface area contributed by atoms with Gasteiger partial charge in [0.25, 0.3) is 11.7 Å². The summed E-state index contributed by atoms with van der Waals surface area (Å²) < 4.78 is 46.1. The van der Waals surface area contributed by atoms with Crippen molar-refractivity contribution in [1.29, 1.82) is 0 Å². The number of H-pyrrole nitrogens is 1. The number of aromatic nitrogens is 1. The number of alkyl halides is 3. The highest BCUT2D eigenvalue weighted by Crippen LogP contribution is 2.32. The molecule has 6 nitrogen and oxygen atoms in total. The molecule has 0 aliphatic carbocycles. The molecule has 0 aliphatic heterocycles. The summed E-state index contributed by atoms with van der Waals surface area (Å²) in [6, 6.07) is 8.10. The Kier molecular flexibility index (Phi) is 5.94. The summed E-state index contributed by atoms with van der Waals surface area (Å²) in [5, 5.41) is 4.04. The topological polar surface area (TPSA) is 81.6 Å². The second kappa shape index (κ2) is 7.83. The Morgan fingerprint density at radius 1 is 1.15 bits per heavy atom. The maximum Gasteiger partial charge on any atom is 0.464 e. The van der Waals surface area contributed by atoms with Crippen molar-refractivity contribution in [3.8, 4) is 0 Å². The molecular formula is C17H16ClF3N3O3+. The minimum Gasteiger partial charge on any atom is -0.464 e.